The third kappa shape index (κ3) is 5.79. The second-order valence-electron chi connectivity index (χ2n) is 7.28. The van der Waals surface area contributed by atoms with Crippen molar-refractivity contribution in [2.75, 3.05) is 7.05 Å². The van der Waals surface area contributed by atoms with Crippen molar-refractivity contribution < 1.29 is 8.63 Å². The van der Waals surface area contributed by atoms with Crippen LogP contribution in [-0.4, -0.2) is 25.7 Å². The molecule has 0 aliphatic carbocycles. The highest BCUT2D eigenvalue weighted by Crippen LogP contribution is 2.29. The van der Waals surface area contributed by atoms with Gasteiger partial charge in [-0.2, -0.15) is 0 Å². The van der Waals surface area contributed by atoms with Gasteiger partial charge in [-0.15, -0.1) is 0 Å². The van der Waals surface area contributed by atoms with Gasteiger partial charge in [0.1, 0.15) is 0 Å². The number of hydrogen-bond acceptors (Lipinski definition) is 3. The molecule has 0 bridgehead atoms. The van der Waals surface area contributed by atoms with E-state index in [1.165, 1.54) is 0 Å². The standard InChI is InChI=1S/C21H37NO2SSi/c1-8-26(9-2,10-3)24-19(6)21(18(4)5)16-17-25(23,22-7)20-14-12-11-13-15-20/h11-19,21H,8-10H2,1-7H3/b17-16-/t19-,21-,25-/m0/s1. The molecule has 0 amide bonds. The monoisotopic (exact) mass is 395 g/mol. The SMILES string of the molecule is CC[Si](CC)(CC)O[C@@H](C)[C@@H](/C=C\[S@@](=O)(=NC)c1ccccc1)C(C)C. The Morgan fingerprint density at radius 2 is 1.62 bits per heavy atom. The topological polar surface area (TPSA) is 38.7 Å². The predicted octanol–water partition coefficient (Wildman–Crippen LogP) is 6.34. The van der Waals surface area contributed by atoms with Gasteiger partial charge in [0.2, 0.25) is 0 Å². The van der Waals surface area contributed by atoms with Gasteiger partial charge in [-0.3, -0.25) is 0 Å². The minimum Gasteiger partial charge on any atom is -0.414 e. The van der Waals surface area contributed by atoms with E-state index in [4.69, 9.17) is 4.43 Å². The van der Waals surface area contributed by atoms with Crippen molar-refractivity contribution in [3.8, 4) is 0 Å². The van der Waals surface area contributed by atoms with Crippen molar-refractivity contribution >= 4 is 18.0 Å². The molecule has 0 aromatic heterocycles. The maximum atomic E-state index is 13.3. The van der Waals surface area contributed by atoms with E-state index in [9.17, 15) is 4.21 Å². The fourth-order valence-corrected chi connectivity index (χ4v) is 7.83. The van der Waals surface area contributed by atoms with Crippen molar-refractivity contribution in [1.29, 1.82) is 0 Å². The van der Waals surface area contributed by atoms with Crippen molar-refractivity contribution in [1.82, 2.24) is 0 Å². The van der Waals surface area contributed by atoms with Gasteiger partial charge >= 0.3 is 0 Å². The zero-order valence-electron chi connectivity index (χ0n) is 17.6. The Labute approximate surface area is 162 Å². The second kappa shape index (κ2) is 10.4. The Bertz CT molecular complexity index is 666. The van der Waals surface area contributed by atoms with Gasteiger partial charge in [0.05, 0.1) is 14.6 Å². The van der Waals surface area contributed by atoms with E-state index in [1.54, 1.807) is 12.5 Å². The minimum atomic E-state index is -2.53. The molecule has 0 saturated heterocycles. The van der Waals surface area contributed by atoms with E-state index in [2.05, 4.69) is 52.0 Å². The predicted molar refractivity (Wildman–Crippen MR) is 116 cm³/mol. The van der Waals surface area contributed by atoms with Crippen LogP contribution in [0.15, 0.2) is 51.1 Å². The quantitative estimate of drug-likeness (QED) is 0.434. The van der Waals surface area contributed by atoms with E-state index in [1.807, 2.05) is 30.3 Å². The van der Waals surface area contributed by atoms with Crippen LogP contribution in [0.1, 0.15) is 41.5 Å². The minimum absolute atomic E-state index is 0.119. The maximum Gasteiger partial charge on any atom is 0.192 e. The molecule has 3 nitrogen and oxygen atoms in total. The molecule has 0 fully saturated rings. The Kier molecular flexibility index (Phi) is 9.28. The maximum absolute atomic E-state index is 13.3. The zero-order chi connectivity index (χ0) is 19.8. The van der Waals surface area contributed by atoms with E-state index < -0.39 is 18.0 Å². The summed E-state index contributed by atoms with van der Waals surface area (Å²) in [4.78, 5) is 0.759. The first-order valence-electron chi connectivity index (χ1n) is 9.83. The molecule has 0 aliphatic heterocycles. The molecule has 0 spiro atoms. The summed E-state index contributed by atoms with van der Waals surface area (Å²) in [5.41, 5.74) is 0. The molecule has 0 radical (unpaired) electrons. The van der Waals surface area contributed by atoms with Crippen LogP contribution < -0.4 is 0 Å². The smallest absolute Gasteiger partial charge is 0.192 e. The van der Waals surface area contributed by atoms with Crippen LogP contribution in [0.5, 0.6) is 0 Å². The first-order valence-corrected chi connectivity index (χ1v) is 13.9. The largest absolute Gasteiger partial charge is 0.414 e. The first-order chi connectivity index (χ1) is 12.3. The summed E-state index contributed by atoms with van der Waals surface area (Å²) in [6.07, 6.45) is 2.20. The van der Waals surface area contributed by atoms with Crippen LogP contribution >= 0.6 is 0 Å². The second-order valence-corrected chi connectivity index (χ2v) is 14.2. The Morgan fingerprint density at radius 3 is 2.04 bits per heavy atom. The van der Waals surface area contributed by atoms with Gasteiger partial charge in [-0.05, 0) is 43.1 Å². The van der Waals surface area contributed by atoms with Gasteiger partial charge in [0.25, 0.3) is 0 Å². The van der Waals surface area contributed by atoms with Crippen LogP contribution in [0.4, 0.5) is 0 Å². The lowest BCUT2D eigenvalue weighted by Crippen LogP contribution is -2.42. The van der Waals surface area contributed by atoms with E-state index in [0.29, 0.717) is 5.92 Å². The lowest BCUT2D eigenvalue weighted by atomic mass is 9.91. The van der Waals surface area contributed by atoms with Crippen LogP contribution in [-0.2, 0) is 14.2 Å². The van der Waals surface area contributed by atoms with Crippen molar-refractivity contribution in [3.05, 3.63) is 41.8 Å². The highest BCUT2D eigenvalue weighted by atomic mass is 32.2. The molecule has 1 aromatic carbocycles. The molecular weight excluding hydrogens is 358 g/mol. The van der Waals surface area contributed by atoms with Gasteiger partial charge in [-0.1, -0.05) is 58.9 Å². The Balaban J connectivity index is 3.11. The van der Waals surface area contributed by atoms with Gasteiger partial charge < -0.3 is 4.43 Å². The molecule has 0 saturated carbocycles. The van der Waals surface area contributed by atoms with Crippen LogP contribution in [0.25, 0.3) is 0 Å². The van der Waals surface area contributed by atoms with Crippen LogP contribution in [0, 0.1) is 11.8 Å². The Morgan fingerprint density at radius 1 is 1.08 bits per heavy atom. The van der Waals surface area contributed by atoms with Crippen LogP contribution in [0.3, 0.4) is 0 Å². The fourth-order valence-electron chi connectivity index (χ4n) is 3.45. The Hall–Kier alpha value is -0.913. The summed E-state index contributed by atoms with van der Waals surface area (Å²) in [6, 6.07) is 12.9. The molecule has 1 rings (SSSR count). The van der Waals surface area contributed by atoms with Gasteiger partial charge in [0, 0.05) is 24.5 Å². The molecule has 0 N–H and O–H groups in total. The van der Waals surface area contributed by atoms with Crippen molar-refractivity contribution in [3.63, 3.8) is 0 Å². The average Bonchev–Trinajstić information content (AvgIpc) is 2.66. The summed E-state index contributed by atoms with van der Waals surface area (Å²) in [5.74, 6) is 0.632. The summed E-state index contributed by atoms with van der Waals surface area (Å²) >= 11 is 0. The van der Waals surface area contributed by atoms with Crippen molar-refractivity contribution in [2.45, 2.75) is 70.7 Å². The third-order valence-electron chi connectivity index (χ3n) is 5.52. The molecule has 148 valence electrons. The molecule has 5 heteroatoms. The van der Waals surface area contributed by atoms with Crippen LogP contribution in [0.2, 0.25) is 18.1 Å². The molecular formula is C21H37NO2SSi. The summed E-state index contributed by atoms with van der Waals surface area (Å²) in [7, 11) is -2.56. The lowest BCUT2D eigenvalue weighted by molar-refractivity contribution is 0.136. The third-order valence-corrected chi connectivity index (χ3v) is 12.3. The first kappa shape index (κ1) is 23.1. The molecule has 0 unspecified atom stereocenters. The average molecular weight is 396 g/mol. The highest BCUT2D eigenvalue weighted by Gasteiger charge is 2.33. The number of rotatable bonds is 10. The van der Waals surface area contributed by atoms with E-state index in [-0.39, 0.29) is 12.0 Å². The molecule has 26 heavy (non-hydrogen) atoms. The fraction of sp³-hybridized carbons (Fsp3) is 0.619. The summed E-state index contributed by atoms with van der Waals surface area (Å²) < 4.78 is 24.2. The molecule has 3 atom stereocenters. The zero-order valence-corrected chi connectivity index (χ0v) is 19.4. The van der Waals surface area contributed by atoms with Gasteiger partial charge in [0.15, 0.2) is 8.32 Å². The molecule has 1 aromatic rings. The molecule has 0 aliphatic rings. The van der Waals surface area contributed by atoms with Crippen molar-refractivity contribution in [2.24, 2.45) is 16.2 Å². The normalized spacial score (nSPS) is 17.2. The number of hydrogen-bond donors (Lipinski definition) is 0. The highest BCUT2D eigenvalue weighted by molar-refractivity contribution is 7.96. The lowest BCUT2D eigenvalue weighted by Gasteiger charge is -2.36. The van der Waals surface area contributed by atoms with E-state index >= 15 is 0 Å². The summed E-state index contributed by atoms with van der Waals surface area (Å²) in [6.45, 7) is 13.3. The number of nitrogens with zero attached hydrogens (tertiary/aromatic N) is 1. The molecule has 0 heterocycles. The summed E-state index contributed by atoms with van der Waals surface area (Å²) in [5, 5.41) is 1.81. The van der Waals surface area contributed by atoms with Gasteiger partial charge in [-0.25, -0.2) is 8.57 Å². The number of benzene rings is 1. The van der Waals surface area contributed by atoms with E-state index in [0.717, 1.165) is 23.0 Å².